The Kier molecular flexibility index (Phi) is 10.0. The van der Waals surface area contributed by atoms with Crippen molar-refractivity contribution in [2.75, 3.05) is 27.3 Å². The Bertz CT molecular complexity index is 1260. The number of sulfonamides is 1. The molecular weight excluding hydrogens is 516 g/mol. The second kappa shape index (κ2) is 13.0. The molecule has 0 fully saturated rings. The summed E-state index contributed by atoms with van der Waals surface area (Å²) >= 11 is 5.95. The highest BCUT2D eigenvalue weighted by molar-refractivity contribution is 7.89. The molecular formula is C27H33ClN2O6S. The molecule has 0 aliphatic rings. The smallest absolute Gasteiger partial charge is 0.243 e. The largest absolute Gasteiger partial charge is 0.493 e. The van der Waals surface area contributed by atoms with Crippen molar-refractivity contribution in [2.24, 2.45) is 0 Å². The molecule has 3 rings (SSSR count). The Morgan fingerprint density at radius 3 is 2.35 bits per heavy atom. The fourth-order valence-corrected chi connectivity index (χ4v) is 5.62. The second-order valence-corrected chi connectivity index (χ2v) is 10.9. The number of hydrogen-bond acceptors (Lipinski definition) is 6. The van der Waals surface area contributed by atoms with Crippen LogP contribution in [0.4, 0.5) is 0 Å². The average molecular weight is 549 g/mol. The molecule has 1 atom stereocenters. The summed E-state index contributed by atoms with van der Waals surface area (Å²) in [5.74, 6) is 1.50. The molecule has 1 heterocycles. The third kappa shape index (κ3) is 7.28. The Hall–Kier alpha value is -3.01. The summed E-state index contributed by atoms with van der Waals surface area (Å²) in [5.41, 5.74) is 0.947. The van der Waals surface area contributed by atoms with E-state index in [1.54, 1.807) is 44.4 Å². The normalized spacial score (nSPS) is 12.4. The topological polar surface area (TPSA) is 89.3 Å². The SMILES string of the molecule is CC[C@H](C)N(CC(=O)N(CCc1ccc(OC)c(OC)c1)Cc1ccco1)S(=O)(=O)c1ccc(Cl)cc1. The van der Waals surface area contributed by atoms with Gasteiger partial charge in [-0.15, -0.1) is 0 Å². The minimum atomic E-state index is -3.93. The fourth-order valence-electron chi connectivity index (χ4n) is 3.84. The van der Waals surface area contributed by atoms with Crippen LogP contribution in [-0.4, -0.2) is 56.9 Å². The van der Waals surface area contributed by atoms with Gasteiger partial charge in [0.05, 0.1) is 38.5 Å². The van der Waals surface area contributed by atoms with Crippen LogP contribution in [0.3, 0.4) is 0 Å². The van der Waals surface area contributed by atoms with Crippen LogP contribution in [0.5, 0.6) is 11.5 Å². The van der Waals surface area contributed by atoms with Gasteiger partial charge in [-0.2, -0.15) is 4.31 Å². The van der Waals surface area contributed by atoms with E-state index in [1.165, 1.54) is 28.6 Å². The summed E-state index contributed by atoms with van der Waals surface area (Å²) in [4.78, 5) is 15.3. The van der Waals surface area contributed by atoms with Gasteiger partial charge in [0.1, 0.15) is 5.76 Å². The quantitative estimate of drug-likeness (QED) is 0.298. The van der Waals surface area contributed by atoms with Crippen LogP contribution >= 0.6 is 11.6 Å². The Labute approximate surface area is 223 Å². The molecule has 1 aromatic heterocycles. The van der Waals surface area contributed by atoms with Crippen molar-refractivity contribution in [3.8, 4) is 11.5 Å². The highest BCUT2D eigenvalue weighted by Crippen LogP contribution is 2.28. The van der Waals surface area contributed by atoms with Crippen LogP contribution in [0, 0.1) is 0 Å². The van der Waals surface area contributed by atoms with Crippen LogP contribution in [0.15, 0.2) is 70.2 Å². The van der Waals surface area contributed by atoms with Crippen molar-refractivity contribution in [3.05, 3.63) is 77.2 Å². The molecule has 0 saturated carbocycles. The maximum atomic E-state index is 13.6. The number of ether oxygens (including phenoxy) is 2. The van der Waals surface area contributed by atoms with E-state index in [0.29, 0.717) is 41.7 Å². The first-order valence-electron chi connectivity index (χ1n) is 12.0. The summed E-state index contributed by atoms with van der Waals surface area (Å²) in [6.07, 6.45) is 2.62. The molecule has 0 N–H and O–H groups in total. The molecule has 0 saturated heterocycles. The van der Waals surface area contributed by atoms with E-state index in [0.717, 1.165) is 5.56 Å². The first-order chi connectivity index (χ1) is 17.7. The molecule has 3 aromatic rings. The molecule has 0 unspecified atom stereocenters. The number of rotatable bonds is 13. The van der Waals surface area contributed by atoms with Crippen LogP contribution in [-0.2, 0) is 27.8 Å². The summed E-state index contributed by atoms with van der Waals surface area (Å²) in [6, 6.07) is 14.7. The number of hydrogen-bond donors (Lipinski definition) is 0. The summed E-state index contributed by atoms with van der Waals surface area (Å²) < 4.78 is 44.4. The molecule has 200 valence electrons. The lowest BCUT2D eigenvalue weighted by atomic mass is 10.1. The summed E-state index contributed by atoms with van der Waals surface area (Å²) in [6.45, 7) is 3.95. The molecule has 0 aliphatic heterocycles. The first kappa shape index (κ1) is 28.6. The lowest BCUT2D eigenvalue weighted by molar-refractivity contribution is -0.132. The highest BCUT2D eigenvalue weighted by atomic mass is 35.5. The van der Waals surface area contributed by atoms with Crippen molar-refractivity contribution in [1.82, 2.24) is 9.21 Å². The van der Waals surface area contributed by atoms with Gasteiger partial charge in [0.15, 0.2) is 11.5 Å². The van der Waals surface area contributed by atoms with Crippen molar-refractivity contribution in [1.29, 1.82) is 0 Å². The number of nitrogens with zero attached hydrogens (tertiary/aromatic N) is 2. The van der Waals surface area contributed by atoms with Gasteiger partial charge in [-0.1, -0.05) is 24.6 Å². The molecule has 10 heteroatoms. The second-order valence-electron chi connectivity index (χ2n) is 8.60. The molecule has 1 amide bonds. The van der Waals surface area contributed by atoms with Gasteiger partial charge in [0.2, 0.25) is 15.9 Å². The van der Waals surface area contributed by atoms with Gasteiger partial charge < -0.3 is 18.8 Å². The highest BCUT2D eigenvalue weighted by Gasteiger charge is 2.32. The first-order valence-corrected chi connectivity index (χ1v) is 13.8. The van der Waals surface area contributed by atoms with Gasteiger partial charge >= 0.3 is 0 Å². The molecule has 8 nitrogen and oxygen atoms in total. The van der Waals surface area contributed by atoms with Gasteiger partial charge in [0.25, 0.3) is 0 Å². The Balaban J connectivity index is 1.84. The zero-order valence-electron chi connectivity index (χ0n) is 21.5. The van der Waals surface area contributed by atoms with E-state index in [9.17, 15) is 13.2 Å². The predicted octanol–water partition coefficient (Wildman–Crippen LogP) is 5.01. The third-order valence-corrected chi connectivity index (χ3v) is 8.42. The van der Waals surface area contributed by atoms with Crippen molar-refractivity contribution in [2.45, 2.75) is 44.2 Å². The van der Waals surface area contributed by atoms with Gasteiger partial charge in [-0.3, -0.25) is 4.79 Å². The number of amides is 1. The van der Waals surface area contributed by atoms with E-state index in [-0.39, 0.29) is 29.9 Å². The van der Waals surface area contributed by atoms with Crippen LogP contribution in [0.2, 0.25) is 5.02 Å². The van der Waals surface area contributed by atoms with E-state index >= 15 is 0 Å². The maximum absolute atomic E-state index is 13.6. The number of carbonyl (C=O) groups excluding carboxylic acids is 1. The van der Waals surface area contributed by atoms with E-state index in [2.05, 4.69) is 0 Å². The Morgan fingerprint density at radius 1 is 1.05 bits per heavy atom. The number of carbonyl (C=O) groups is 1. The number of benzene rings is 2. The van der Waals surface area contributed by atoms with Crippen molar-refractivity contribution < 1.29 is 27.1 Å². The van der Waals surface area contributed by atoms with Crippen molar-refractivity contribution >= 4 is 27.5 Å². The maximum Gasteiger partial charge on any atom is 0.243 e. The zero-order chi connectivity index (χ0) is 27.0. The van der Waals surface area contributed by atoms with E-state index in [1.807, 2.05) is 25.1 Å². The lowest BCUT2D eigenvalue weighted by Crippen LogP contribution is -2.46. The van der Waals surface area contributed by atoms with Gasteiger partial charge in [-0.05, 0) is 73.9 Å². The lowest BCUT2D eigenvalue weighted by Gasteiger charge is -2.30. The van der Waals surface area contributed by atoms with E-state index in [4.69, 9.17) is 25.5 Å². The predicted molar refractivity (Wildman–Crippen MR) is 142 cm³/mol. The van der Waals surface area contributed by atoms with Crippen molar-refractivity contribution in [3.63, 3.8) is 0 Å². The van der Waals surface area contributed by atoms with Crippen LogP contribution in [0.25, 0.3) is 0 Å². The molecule has 0 spiro atoms. The molecule has 0 radical (unpaired) electrons. The zero-order valence-corrected chi connectivity index (χ0v) is 23.1. The third-order valence-electron chi connectivity index (χ3n) is 6.19. The van der Waals surface area contributed by atoms with Gasteiger partial charge in [-0.25, -0.2) is 8.42 Å². The number of halogens is 1. The fraction of sp³-hybridized carbons (Fsp3) is 0.370. The minimum Gasteiger partial charge on any atom is -0.493 e. The minimum absolute atomic E-state index is 0.0907. The van der Waals surface area contributed by atoms with Crippen LogP contribution < -0.4 is 9.47 Å². The summed E-state index contributed by atoms with van der Waals surface area (Å²) in [7, 11) is -0.790. The summed E-state index contributed by atoms with van der Waals surface area (Å²) in [5, 5.41) is 0.435. The number of methoxy groups -OCH3 is 2. The van der Waals surface area contributed by atoms with Gasteiger partial charge in [0, 0.05) is 17.6 Å². The Morgan fingerprint density at radius 2 is 1.76 bits per heavy atom. The molecule has 0 bridgehead atoms. The standard InChI is InChI=1S/C27H33ClN2O6S/c1-5-20(2)30(37(32,33)24-11-9-22(28)10-12-24)19-27(31)29(18-23-7-6-16-36-23)15-14-21-8-13-25(34-3)26(17-21)35-4/h6-13,16-17,20H,5,14-15,18-19H2,1-4H3/t20-/m0/s1. The average Bonchev–Trinajstić information content (AvgIpc) is 3.42. The molecule has 0 aliphatic carbocycles. The van der Waals surface area contributed by atoms with E-state index < -0.39 is 10.0 Å². The molecule has 2 aromatic carbocycles. The number of furan rings is 1. The van der Waals surface area contributed by atoms with Crippen LogP contribution in [0.1, 0.15) is 31.6 Å². The molecule has 37 heavy (non-hydrogen) atoms. The monoisotopic (exact) mass is 548 g/mol.